The summed E-state index contributed by atoms with van der Waals surface area (Å²) in [5, 5.41) is 8.58. The second-order valence-corrected chi connectivity index (χ2v) is 4.79. The Labute approximate surface area is 97.8 Å². The van der Waals surface area contributed by atoms with Crippen LogP contribution in [-0.2, 0) is 4.79 Å². The molecule has 1 atom stereocenters. The van der Waals surface area contributed by atoms with E-state index in [4.69, 9.17) is 5.26 Å². The molecule has 0 aliphatic carbocycles. The lowest BCUT2D eigenvalue weighted by molar-refractivity contribution is -0.138. The molecule has 1 unspecified atom stereocenters. The van der Waals surface area contributed by atoms with Gasteiger partial charge < -0.3 is 4.90 Å². The summed E-state index contributed by atoms with van der Waals surface area (Å²) in [6.45, 7) is 9.79. The van der Waals surface area contributed by atoms with Gasteiger partial charge in [0.2, 0.25) is 5.91 Å². The first-order chi connectivity index (χ1) is 7.56. The number of nitrogens with zero attached hydrogens (tertiary/aromatic N) is 3. The Morgan fingerprint density at radius 3 is 2.25 bits per heavy atom. The van der Waals surface area contributed by atoms with Crippen LogP contribution in [0.4, 0.5) is 0 Å². The SMILES string of the molecule is CC(C)C(C)C(=O)N1CCN(CC#N)CC1. The van der Waals surface area contributed by atoms with Crippen LogP contribution in [-0.4, -0.2) is 48.4 Å². The van der Waals surface area contributed by atoms with E-state index in [0.29, 0.717) is 12.5 Å². The van der Waals surface area contributed by atoms with E-state index in [2.05, 4.69) is 24.8 Å². The summed E-state index contributed by atoms with van der Waals surface area (Å²) in [5.74, 6) is 0.749. The third-order valence-electron chi connectivity index (χ3n) is 3.37. The maximum absolute atomic E-state index is 12.0. The zero-order chi connectivity index (χ0) is 12.1. The number of hydrogen-bond donors (Lipinski definition) is 0. The molecule has 1 saturated heterocycles. The van der Waals surface area contributed by atoms with E-state index in [9.17, 15) is 4.79 Å². The molecule has 0 N–H and O–H groups in total. The van der Waals surface area contributed by atoms with Gasteiger partial charge in [-0.3, -0.25) is 9.69 Å². The van der Waals surface area contributed by atoms with Gasteiger partial charge in [-0.05, 0) is 5.92 Å². The summed E-state index contributed by atoms with van der Waals surface area (Å²) >= 11 is 0. The van der Waals surface area contributed by atoms with E-state index in [-0.39, 0.29) is 11.8 Å². The average molecular weight is 223 g/mol. The summed E-state index contributed by atoms with van der Waals surface area (Å²) in [4.78, 5) is 16.1. The Balaban J connectivity index is 2.42. The van der Waals surface area contributed by atoms with E-state index in [1.54, 1.807) is 0 Å². The minimum absolute atomic E-state index is 0.0996. The van der Waals surface area contributed by atoms with Gasteiger partial charge in [0.05, 0.1) is 12.6 Å². The lowest BCUT2D eigenvalue weighted by atomic mass is 9.96. The number of nitriles is 1. The molecule has 0 spiro atoms. The van der Waals surface area contributed by atoms with Crippen LogP contribution in [0.25, 0.3) is 0 Å². The van der Waals surface area contributed by atoms with Crippen molar-refractivity contribution in [3.05, 3.63) is 0 Å². The Morgan fingerprint density at radius 2 is 1.81 bits per heavy atom. The van der Waals surface area contributed by atoms with Gasteiger partial charge in [-0.15, -0.1) is 0 Å². The molecule has 0 saturated carbocycles. The van der Waals surface area contributed by atoms with Crippen LogP contribution in [0.2, 0.25) is 0 Å². The molecular formula is C12H21N3O. The maximum Gasteiger partial charge on any atom is 0.225 e. The highest BCUT2D eigenvalue weighted by atomic mass is 16.2. The third kappa shape index (κ3) is 3.21. The molecule has 0 aromatic heterocycles. The molecule has 90 valence electrons. The van der Waals surface area contributed by atoms with E-state index in [1.807, 2.05) is 11.8 Å². The quantitative estimate of drug-likeness (QED) is 0.669. The van der Waals surface area contributed by atoms with Gasteiger partial charge in [-0.2, -0.15) is 5.26 Å². The van der Waals surface area contributed by atoms with E-state index in [0.717, 1.165) is 26.2 Å². The number of carbonyl (C=O) groups excluding carboxylic acids is 1. The van der Waals surface area contributed by atoms with Crippen LogP contribution in [0.1, 0.15) is 20.8 Å². The summed E-state index contributed by atoms with van der Waals surface area (Å²) in [6, 6.07) is 2.14. The Morgan fingerprint density at radius 1 is 1.25 bits per heavy atom. The molecule has 1 amide bonds. The summed E-state index contributed by atoms with van der Waals surface area (Å²) in [5.41, 5.74) is 0. The number of amides is 1. The molecule has 1 rings (SSSR count). The third-order valence-corrected chi connectivity index (χ3v) is 3.37. The molecule has 1 aliphatic rings. The van der Waals surface area contributed by atoms with Crippen LogP contribution in [0.15, 0.2) is 0 Å². The number of hydrogen-bond acceptors (Lipinski definition) is 3. The van der Waals surface area contributed by atoms with Crippen molar-refractivity contribution in [1.82, 2.24) is 9.80 Å². The number of carbonyl (C=O) groups is 1. The van der Waals surface area contributed by atoms with Crippen LogP contribution < -0.4 is 0 Å². The monoisotopic (exact) mass is 223 g/mol. The van der Waals surface area contributed by atoms with Crippen LogP contribution in [0, 0.1) is 23.2 Å². The minimum atomic E-state index is 0.0996. The van der Waals surface area contributed by atoms with E-state index >= 15 is 0 Å². The first kappa shape index (κ1) is 13.0. The minimum Gasteiger partial charge on any atom is -0.340 e. The predicted molar refractivity (Wildman–Crippen MR) is 62.6 cm³/mol. The maximum atomic E-state index is 12.0. The van der Waals surface area contributed by atoms with E-state index < -0.39 is 0 Å². The second-order valence-electron chi connectivity index (χ2n) is 4.79. The summed E-state index contributed by atoms with van der Waals surface area (Å²) in [7, 11) is 0. The molecular weight excluding hydrogens is 202 g/mol. The van der Waals surface area contributed by atoms with Crippen LogP contribution >= 0.6 is 0 Å². The molecule has 16 heavy (non-hydrogen) atoms. The zero-order valence-corrected chi connectivity index (χ0v) is 10.4. The Kier molecular flexibility index (Phi) is 4.75. The topological polar surface area (TPSA) is 47.3 Å². The van der Waals surface area contributed by atoms with Crippen molar-refractivity contribution in [2.75, 3.05) is 32.7 Å². The highest BCUT2D eigenvalue weighted by Gasteiger charge is 2.25. The fourth-order valence-corrected chi connectivity index (χ4v) is 1.80. The molecule has 1 aliphatic heterocycles. The molecule has 4 nitrogen and oxygen atoms in total. The number of piperazine rings is 1. The first-order valence-electron chi connectivity index (χ1n) is 5.94. The van der Waals surface area contributed by atoms with Gasteiger partial charge in [0.15, 0.2) is 0 Å². The van der Waals surface area contributed by atoms with Gasteiger partial charge in [-0.25, -0.2) is 0 Å². The van der Waals surface area contributed by atoms with Crippen molar-refractivity contribution in [3.63, 3.8) is 0 Å². The van der Waals surface area contributed by atoms with Crippen molar-refractivity contribution >= 4 is 5.91 Å². The molecule has 0 bridgehead atoms. The van der Waals surface area contributed by atoms with Gasteiger partial charge in [-0.1, -0.05) is 20.8 Å². The Bertz CT molecular complexity index is 274. The predicted octanol–water partition coefficient (Wildman–Crippen LogP) is 0.946. The highest BCUT2D eigenvalue weighted by molar-refractivity contribution is 5.78. The lowest BCUT2D eigenvalue weighted by Crippen LogP contribution is -2.50. The number of rotatable bonds is 3. The zero-order valence-electron chi connectivity index (χ0n) is 10.4. The van der Waals surface area contributed by atoms with Crippen molar-refractivity contribution in [1.29, 1.82) is 5.26 Å². The summed E-state index contributed by atoms with van der Waals surface area (Å²) < 4.78 is 0. The Hall–Kier alpha value is -1.08. The highest BCUT2D eigenvalue weighted by Crippen LogP contribution is 2.14. The van der Waals surface area contributed by atoms with Gasteiger partial charge in [0.25, 0.3) is 0 Å². The molecule has 0 aromatic rings. The standard InChI is InChI=1S/C12H21N3O/c1-10(2)11(3)12(16)15-8-6-14(5-4-13)7-9-15/h10-11H,5-9H2,1-3H3. The fourth-order valence-electron chi connectivity index (χ4n) is 1.80. The van der Waals surface area contributed by atoms with Crippen molar-refractivity contribution in [2.24, 2.45) is 11.8 Å². The van der Waals surface area contributed by atoms with Crippen molar-refractivity contribution in [2.45, 2.75) is 20.8 Å². The average Bonchev–Trinajstić information content (AvgIpc) is 2.28. The van der Waals surface area contributed by atoms with E-state index in [1.165, 1.54) is 0 Å². The second kappa shape index (κ2) is 5.86. The molecule has 0 radical (unpaired) electrons. The van der Waals surface area contributed by atoms with Crippen molar-refractivity contribution < 1.29 is 4.79 Å². The normalized spacial score (nSPS) is 19.6. The molecule has 0 aromatic carbocycles. The molecule has 1 fully saturated rings. The lowest BCUT2D eigenvalue weighted by Gasteiger charge is -2.35. The van der Waals surface area contributed by atoms with Gasteiger partial charge in [0.1, 0.15) is 0 Å². The van der Waals surface area contributed by atoms with Crippen molar-refractivity contribution in [3.8, 4) is 6.07 Å². The first-order valence-corrected chi connectivity index (χ1v) is 5.94. The smallest absolute Gasteiger partial charge is 0.225 e. The van der Waals surface area contributed by atoms with Gasteiger partial charge in [0, 0.05) is 32.1 Å². The van der Waals surface area contributed by atoms with Crippen LogP contribution in [0.3, 0.4) is 0 Å². The van der Waals surface area contributed by atoms with Gasteiger partial charge >= 0.3 is 0 Å². The summed E-state index contributed by atoms with van der Waals surface area (Å²) in [6.07, 6.45) is 0. The molecule has 4 heteroatoms. The van der Waals surface area contributed by atoms with Crippen LogP contribution in [0.5, 0.6) is 0 Å². The molecule has 1 heterocycles. The fraction of sp³-hybridized carbons (Fsp3) is 0.833. The largest absolute Gasteiger partial charge is 0.340 e.